The molecule has 4 rings (SSSR count). The van der Waals surface area contributed by atoms with Gasteiger partial charge in [-0.2, -0.15) is 0 Å². The van der Waals surface area contributed by atoms with E-state index >= 15 is 0 Å². The van der Waals surface area contributed by atoms with Crippen LogP contribution in [0.2, 0.25) is 0 Å². The van der Waals surface area contributed by atoms with E-state index in [2.05, 4.69) is 10.3 Å². The molecular formula is C23H25N3O6. The number of hydrogen-bond acceptors (Lipinski definition) is 6. The van der Waals surface area contributed by atoms with Gasteiger partial charge in [0, 0.05) is 17.7 Å². The van der Waals surface area contributed by atoms with Gasteiger partial charge in [0.2, 0.25) is 12.6 Å². The minimum Gasteiger partial charge on any atom is -0.454 e. The lowest BCUT2D eigenvalue weighted by atomic mass is 9.92. The van der Waals surface area contributed by atoms with E-state index in [-0.39, 0.29) is 24.7 Å². The molecular weight excluding hydrogens is 414 g/mol. The van der Waals surface area contributed by atoms with Crippen molar-refractivity contribution in [2.45, 2.75) is 52.6 Å². The molecule has 9 heteroatoms. The number of amides is 3. The van der Waals surface area contributed by atoms with E-state index in [4.69, 9.17) is 9.47 Å². The molecule has 32 heavy (non-hydrogen) atoms. The van der Waals surface area contributed by atoms with Gasteiger partial charge in [0.15, 0.2) is 17.3 Å². The van der Waals surface area contributed by atoms with E-state index in [0.29, 0.717) is 28.3 Å². The number of ether oxygens (including phenoxy) is 2. The van der Waals surface area contributed by atoms with Crippen molar-refractivity contribution in [2.24, 2.45) is 0 Å². The summed E-state index contributed by atoms with van der Waals surface area (Å²) in [6, 6.07) is 3.67. The summed E-state index contributed by atoms with van der Waals surface area (Å²) in [4.78, 5) is 55.0. The predicted molar refractivity (Wildman–Crippen MR) is 114 cm³/mol. The minimum absolute atomic E-state index is 0.141. The molecule has 3 amide bonds. The molecule has 1 fully saturated rings. The maximum atomic E-state index is 13.3. The molecule has 2 aromatic rings. The molecule has 0 radical (unpaired) electrons. The number of hydrogen-bond donors (Lipinski definition) is 2. The maximum absolute atomic E-state index is 13.3. The molecule has 0 saturated carbocycles. The quantitative estimate of drug-likeness (QED) is 0.528. The van der Waals surface area contributed by atoms with Crippen molar-refractivity contribution in [3.63, 3.8) is 0 Å². The molecule has 0 aliphatic carbocycles. The summed E-state index contributed by atoms with van der Waals surface area (Å²) >= 11 is 0. The number of carbonyl (C=O) groups is 4. The van der Waals surface area contributed by atoms with Crippen LogP contribution in [0.4, 0.5) is 4.79 Å². The molecule has 1 aromatic carbocycles. The molecule has 9 nitrogen and oxygen atoms in total. The molecule has 3 heterocycles. The highest BCUT2D eigenvalue weighted by Crippen LogP contribution is 2.34. The number of rotatable bonds is 6. The lowest BCUT2D eigenvalue weighted by Gasteiger charge is -2.24. The van der Waals surface area contributed by atoms with Crippen LogP contribution in [0.5, 0.6) is 11.5 Å². The molecule has 2 aliphatic heterocycles. The highest BCUT2D eigenvalue weighted by molar-refractivity contribution is 6.13. The van der Waals surface area contributed by atoms with Crippen molar-refractivity contribution in [3.05, 3.63) is 46.3 Å². The first-order valence-electron chi connectivity index (χ1n) is 10.3. The third-order valence-corrected chi connectivity index (χ3v) is 6.09. The summed E-state index contributed by atoms with van der Waals surface area (Å²) in [5.74, 6) is 0.127. The van der Waals surface area contributed by atoms with Gasteiger partial charge in [-0.1, -0.05) is 6.07 Å². The van der Waals surface area contributed by atoms with Crippen LogP contribution in [0.15, 0.2) is 18.2 Å². The minimum atomic E-state index is -1.22. The zero-order chi connectivity index (χ0) is 23.4. The number of nitrogens with zero attached hydrogens (tertiary/aromatic N) is 1. The summed E-state index contributed by atoms with van der Waals surface area (Å²) in [6.45, 7) is 8.10. The molecule has 2 atom stereocenters. The van der Waals surface area contributed by atoms with Crippen LogP contribution < -0.4 is 14.8 Å². The normalized spacial score (nSPS) is 20.5. The third-order valence-electron chi connectivity index (χ3n) is 6.09. The fourth-order valence-electron chi connectivity index (χ4n) is 4.49. The van der Waals surface area contributed by atoms with Gasteiger partial charge in [0.1, 0.15) is 11.6 Å². The van der Waals surface area contributed by atoms with E-state index in [1.54, 1.807) is 32.9 Å². The van der Waals surface area contributed by atoms with Gasteiger partial charge in [-0.15, -0.1) is 0 Å². The van der Waals surface area contributed by atoms with Gasteiger partial charge in [-0.25, -0.2) is 4.79 Å². The fraction of sp³-hybridized carbons (Fsp3) is 0.391. The average Bonchev–Trinajstić information content (AvgIpc) is 3.35. The highest BCUT2D eigenvalue weighted by Gasteiger charge is 2.51. The largest absolute Gasteiger partial charge is 0.454 e. The first-order chi connectivity index (χ1) is 15.0. The summed E-state index contributed by atoms with van der Waals surface area (Å²) in [6.07, 6.45) is 0.223. The Morgan fingerprint density at radius 3 is 2.53 bits per heavy atom. The first kappa shape index (κ1) is 21.6. The van der Waals surface area contributed by atoms with Crippen LogP contribution >= 0.6 is 0 Å². The Kier molecular flexibility index (Phi) is 5.07. The standard InChI is InChI=1S/C23H25N3O6/c1-11-18(14(4)27)12(2)24-19(11)20(28)13(3)26-21(29)23(5,25-22(26)30)9-15-6-7-16-17(8-15)32-10-31-16/h6-8,13,24H,9-10H2,1-5H3,(H,25,30)/t13-,23-/m0/s1. The second-order valence-electron chi connectivity index (χ2n) is 8.52. The monoisotopic (exact) mass is 439 g/mol. The topological polar surface area (TPSA) is 118 Å². The number of carbonyl (C=O) groups excluding carboxylic acids is 4. The van der Waals surface area contributed by atoms with Crippen molar-refractivity contribution < 1.29 is 28.7 Å². The van der Waals surface area contributed by atoms with Crippen molar-refractivity contribution in [1.82, 2.24) is 15.2 Å². The number of fused-ring (bicyclic) bond motifs is 1. The highest BCUT2D eigenvalue weighted by atomic mass is 16.7. The van der Waals surface area contributed by atoms with Crippen molar-refractivity contribution in [2.75, 3.05) is 6.79 Å². The van der Waals surface area contributed by atoms with Crippen molar-refractivity contribution in [3.8, 4) is 11.5 Å². The Morgan fingerprint density at radius 2 is 1.88 bits per heavy atom. The number of ketones is 2. The van der Waals surface area contributed by atoms with E-state index in [0.717, 1.165) is 10.5 Å². The number of nitrogens with one attached hydrogen (secondary N) is 2. The summed E-state index contributed by atoms with van der Waals surface area (Å²) in [5, 5.41) is 2.73. The summed E-state index contributed by atoms with van der Waals surface area (Å²) in [5.41, 5.74) is 1.34. The number of aromatic amines is 1. The third kappa shape index (κ3) is 3.34. The number of benzene rings is 1. The van der Waals surface area contributed by atoms with Gasteiger partial charge in [0.05, 0.1) is 5.69 Å². The SMILES string of the molecule is CC(=O)c1c(C)[nH]c(C(=O)[C@H](C)N2C(=O)N[C@@](C)(Cc3ccc4c(c3)OCO4)C2=O)c1C. The molecule has 168 valence electrons. The Bertz CT molecular complexity index is 1170. The smallest absolute Gasteiger partial charge is 0.325 e. The van der Waals surface area contributed by atoms with Crippen LogP contribution in [-0.4, -0.2) is 51.8 Å². The predicted octanol–water partition coefficient (Wildman–Crippen LogP) is 2.69. The molecule has 1 aromatic heterocycles. The number of Topliss-reactive ketones (excluding diaryl/α,β-unsaturated/α-hetero) is 2. The second kappa shape index (κ2) is 7.51. The average molecular weight is 439 g/mol. The van der Waals surface area contributed by atoms with Crippen LogP contribution in [0.1, 0.15) is 58.4 Å². The number of urea groups is 1. The second-order valence-corrected chi connectivity index (χ2v) is 8.52. The molecule has 0 spiro atoms. The van der Waals surface area contributed by atoms with Crippen LogP contribution in [0, 0.1) is 13.8 Å². The van der Waals surface area contributed by atoms with E-state index in [1.165, 1.54) is 13.8 Å². The van der Waals surface area contributed by atoms with Crippen LogP contribution in [0.25, 0.3) is 0 Å². The number of aromatic nitrogens is 1. The van der Waals surface area contributed by atoms with E-state index in [1.807, 2.05) is 6.07 Å². The molecule has 0 unspecified atom stereocenters. The maximum Gasteiger partial charge on any atom is 0.325 e. The van der Waals surface area contributed by atoms with Gasteiger partial charge in [-0.05, 0) is 57.9 Å². The van der Waals surface area contributed by atoms with Gasteiger partial charge >= 0.3 is 6.03 Å². The lowest BCUT2D eigenvalue weighted by Crippen LogP contribution is -2.48. The molecule has 2 aliphatic rings. The molecule has 1 saturated heterocycles. The van der Waals surface area contributed by atoms with E-state index in [9.17, 15) is 19.2 Å². The molecule has 2 N–H and O–H groups in total. The van der Waals surface area contributed by atoms with Crippen molar-refractivity contribution in [1.29, 1.82) is 0 Å². The summed E-state index contributed by atoms with van der Waals surface area (Å²) < 4.78 is 10.7. The number of H-pyrrole nitrogens is 1. The van der Waals surface area contributed by atoms with Gasteiger partial charge < -0.3 is 19.8 Å². The Hall–Kier alpha value is -3.62. The van der Waals surface area contributed by atoms with Gasteiger partial charge in [0.25, 0.3) is 5.91 Å². The van der Waals surface area contributed by atoms with E-state index < -0.39 is 29.3 Å². The van der Waals surface area contributed by atoms with Crippen molar-refractivity contribution >= 4 is 23.5 Å². The zero-order valence-corrected chi connectivity index (χ0v) is 18.6. The Labute approximate surface area is 185 Å². The fourth-order valence-corrected chi connectivity index (χ4v) is 4.49. The van der Waals surface area contributed by atoms with Gasteiger partial charge in [-0.3, -0.25) is 19.3 Å². The number of aryl methyl sites for hydroxylation is 1. The van der Waals surface area contributed by atoms with Crippen LogP contribution in [-0.2, 0) is 11.2 Å². The first-order valence-corrected chi connectivity index (χ1v) is 10.3. The summed E-state index contributed by atoms with van der Waals surface area (Å²) in [7, 11) is 0. The lowest BCUT2D eigenvalue weighted by molar-refractivity contribution is -0.131. The number of imide groups is 1. The Morgan fingerprint density at radius 1 is 1.19 bits per heavy atom. The zero-order valence-electron chi connectivity index (χ0n) is 18.6. The van der Waals surface area contributed by atoms with Crippen LogP contribution in [0.3, 0.4) is 0 Å². The molecule has 0 bridgehead atoms. The Balaban J connectivity index is 1.57.